The SMILES string of the molecule is CC1CCN(C(C=O)Cc2ccc([N+](=O)[O-])cc2Cl)CC1. The highest BCUT2D eigenvalue weighted by Crippen LogP contribution is 2.25. The second-order valence-corrected chi connectivity index (χ2v) is 6.07. The van der Waals surface area contributed by atoms with Gasteiger partial charge < -0.3 is 4.79 Å². The number of nitro groups is 1. The first-order valence-electron chi connectivity index (χ1n) is 7.13. The summed E-state index contributed by atoms with van der Waals surface area (Å²) in [4.78, 5) is 23.8. The number of likely N-dealkylation sites (tertiary alicyclic amines) is 1. The molecule has 1 aliphatic heterocycles. The Kier molecular flexibility index (Phi) is 5.31. The van der Waals surface area contributed by atoms with Gasteiger partial charge in [0.05, 0.1) is 16.0 Å². The maximum absolute atomic E-state index is 11.4. The lowest BCUT2D eigenvalue weighted by atomic mass is 9.96. The van der Waals surface area contributed by atoms with Crippen LogP contribution in [0.3, 0.4) is 0 Å². The average Bonchev–Trinajstić information content (AvgIpc) is 2.47. The first kappa shape index (κ1) is 15.9. The van der Waals surface area contributed by atoms with Crippen LogP contribution in [0.4, 0.5) is 5.69 Å². The molecule has 21 heavy (non-hydrogen) atoms. The zero-order chi connectivity index (χ0) is 15.4. The standard InChI is InChI=1S/C15H19ClN2O3/c1-11-4-6-17(7-5-11)14(10-19)8-12-2-3-13(18(20)21)9-15(12)16/h2-3,9-11,14H,4-8H2,1H3. The molecule has 1 fully saturated rings. The van der Waals surface area contributed by atoms with Crippen molar-refractivity contribution in [3.05, 3.63) is 38.9 Å². The molecule has 0 spiro atoms. The predicted molar refractivity (Wildman–Crippen MR) is 81.6 cm³/mol. The first-order valence-corrected chi connectivity index (χ1v) is 7.51. The van der Waals surface area contributed by atoms with Gasteiger partial charge in [-0.3, -0.25) is 15.0 Å². The minimum absolute atomic E-state index is 0.0294. The van der Waals surface area contributed by atoms with Crippen LogP contribution in [0.2, 0.25) is 5.02 Å². The molecule has 114 valence electrons. The van der Waals surface area contributed by atoms with Gasteiger partial charge in [-0.25, -0.2) is 0 Å². The highest BCUT2D eigenvalue weighted by molar-refractivity contribution is 6.31. The molecular weight excluding hydrogens is 292 g/mol. The van der Waals surface area contributed by atoms with Gasteiger partial charge in [0.1, 0.15) is 6.29 Å². The number of halogens is 1. The molecule has 0 aliphatic carbocycles. The molecule has 6 heteroatoms. The summed E-state index contributed by atoms with van der Waals surface area (Å²) in [6.07, 6.45) is 3.64. The molecular formula is C15H19ClN2O3. The third-order valence-corrected chi connectivity index (χ3v) is 4.47. The normalized spacial score (nSPS) is 18.4. The van der Waals surface area contributed by atoms with Gasteiger partial charge in [0, 0.05) is 12.1 Å². The topological polar surface area (TPSA) is 63.5 Å². The maximum Gasteiger partial charge on any atom is 0.270 e. The number of piperidine rings is 1. The zero-order valence-electron chi connectivity index (χ0n) is 12.0. The maximum atomic E-state index is 11.4. The lowest BCUT2D eigenvalue weighted by Crippen LogP contribution is -2.43. The van der Waals surface area contributed by atoms with E-state index in [-0.39, 0.29) is 11.7 Å². The highest BCUT2D eigenvalue weighted by Gasteiger charge is 2.24. The Hall–Kier alpha value is -1.46. The number of hydrogen-bond donors (Lipinski definition) is 0. The molecule has 1 unspecified atom stereocenters. The molecule has 1 heterocycles. The summed E-state index contributed by atoms with van der Waals surface area (Å²) in [7, 11) is 0. The summed E-state index contributed by atoms with van der Waals surface area (Å²) >= 11 is 6.10. The van der Waals surface area contributed by atoms with E-state index in [0.29, 0.717) is 17.4 Å². The second kappa shape index (κ2) is 7.00. The van der Waals surface area contributed by atoms with E-state index in [1.54, 1.807) is 6.07 Å². The summed E-state index contributed by atoms with van der Waals surface area (Å²) in [5, 5.41) is 11.1. The monoisotopic (exact) mass is 310 g/mol. The largest absolute Gasteiger partial charge is 0.302 e. The van der Waals surface area contributed by atoms with E-state index >= 15 is 0 Å². The summed E-state index contributed by atoms with van der Waals surface area (Å²) in [6, 6.07) is 4.21. The van der Waals surface area contributed by atoms with Crippen molar-refractivity contribution in [2.24, 2.45) is 5.92 Å². The van der Waals surface area contributed by atoms with E-state index in [9.17, 15) is 14.9 Å². The summed E-state index contributed by atoms with van der Waals surface area (Å²) in [5.41, 5.74) is 0.746. The molecule has 0 amide bonds. The van der Waals surface area contributed by atoms with Gasteiger partial charge in [0.15, 0.2) is 0 Å². The van der Waals surface area contributed by atoms with Crippen LogP contribution in [-0.4, -0.2) is 35.2 Å². The summed E-state index contributed by atoms with van der Waals surface area (Å²) in [5.74, 6) is 0.705. The zero-order valence-corrected chi connectivity index (χ0v) is 12.8. The number of carbonyl (C=O) groups excluding carboxylic acids is 1. The van der Waals surface area contributed by atoms with Crippen LogP contribution in [0.1, 0.15) is 25.3 Å². The number of nitrogens with zero attached hydrogens (tertiary/aromatic N) is 2. The van der Waals surface area contributed by atoms with Crippen molar-refractivity contribution in [3.63, 3.8) is 0 Å². The van der Waals surface area contributed by atoms with E-state index < -0.39 is 4.92 Å². The fourth-order valence-electron chi connectivity index (χ4n) is 2.66. The quantitative estimate of drug-likeness (QED) is 0.476. The molecule has 2 rings (SSSR count). The number of non-ortho nitro benzene ring substituents is 1. The third kappa shape index (κ3) is 4.02. The minimum Gasteiger partial charge on any atom is -0.302 e. The van der Waals surface area contributed by atoms with Crippen molar-refractivity contribution < 1.29 is 9.72 Å². The molecule has 0 bridgehead atoms. The number of carbonyl (C=O) groups is 1. The number of benzene rings is 1. The van der Waals surface area contributed by atoms with Gasteiger partial charge in [0.25, 0.3) is 5.69 Å². The summed E-state index contributed by atoms with van der Waals surface area (Å²) < 4.78 is 0. The van der Waals surface area contributed by atoms with Crippen LogP contribution in [0.15, 0.2) is 18.2 Å². The van der Waals surface area contributed by atoms with Crippen LogP contribution in [0.5, 0.6) is 0 Å². The fourth-order valence-corrected chi connectivity index (χ4v) is 2.92. The van der Waals surface area contributed by atoms with Gasteiger partial charge >= 0.3 is 0 Å². The fraction of sp³-hybridized carbons (Fsp3) is 0.533. The minimum atomic E-state index is -0.473. The van der Waals surface area contributed by atoms with Gasteiger partial charge in [-0.1, -0.05) is 24.6 Å². The van der Waals surface area contributed by atoms with Crippen molar-refractivity contribution in [1.29, 1.82) is 0 Å². The lowest BCUT2D eigenvalue weighted by molar-refractivity contribution is -0.384. The van der Waals surface area contributed by atoms with Crippen molar-refractivity contribution in [3.8, 4) is 0 Å². The van der Waals surface area contributed by atoms with Crippen LogP contribution in [0, 0.1) is 16.0 Å². The molecule has 0 N–H and O–H groups in total. The molecule has 0 saturated carbocycles. The Labute approximate surface area is 129 Å². The third-order valence-electron chi connectivity index (χ3n) is 4.12. The first-order chi connectivity index (χ1) is 10.0. The van der Waals surface area contributed by atoms with E-state index in [0.717, 1.165) is 37.8 Å². The smallest absolute Gasteiger partial charge is 0.270 e. The highest BCUT2D eigenvalue weighted by atomic mass is 35.5. The van der Waals surface area contributed by atoms with Crippen molar-refractivity contribution in [2.75, 3.05) is 13.1 Å². The van der Waals surface area contributed by atoms with Crippen LogP contribution < -0.4 is 0 Å². The molecule has 1 saturated heterocycles. The van der Waals surface area contributed by atoms with Crippen LogP contribution >= 0.6 is 11.6 Å². The Morgan fingerprint density at radius 1 is 1.48 bits per heavy atom. The Morgan fingerprint density at radius 3 is 2.67 bits per heavy atom. The summed E-state index contributed by atoms with van der Waals surface area (Å²) in [6.45, 7) is 4.05. The van der Waals surface area contributed by atoms with Crippen molar-refractivity contribution in [2.45, 2.75) is 32.2 Å². The molecule has 0 radical (unpaired) electrons. The Morgan fingerprint density at radius 2 is 2.14 bits per heavy atom. The lowest BCUT2D eigenvalue weighted by Gasteiger charge is -2.34. The molecule has 1 aliphatic rings. The Balaban J connectivity index is 2.08. The molecule has 0 aromatic heterocycles. The van der Waals surface area contributed by atoms with Crippen molar-refractivity contribution in [1.82, 2.24) is 4.90 Å². The Bertz CT molecular complexity index is 528. The molecule has 5 nitrogen and oxygen atoms in total. The van der Waals surface area contributed by atoms with E-state index in [4.69, 9.17) is 11.6 Å². The van der Waals surface area contributed by atoms with E-state index in [1.165, 1.54) is 12.1 Å². The number of nitro benzene ring substituents is 1. The number of hydrogen-bond acceptors (Lipinski definition) is 4. The number of rotatable bonds is 5. The van der Waals surface area contributed by atoms with E-state index in [2.05, 4.69) is 11.8 Å². The predicted octanol–water partition coefficient (Wildman–Crippen LogP) is 3.09. The molecule has 1 atom stereocenters. The number of aldehydes is 1. The molecule has 1 aromatic rings. The van der Waals surface area contributed by atoms with Crippen molar-refractivity contribution >= 4 is 23.6 Å². The van der Waals surface area contributed by atoms with E-state index in [1.807, 2.05) is 0 Å². The second-order valence-electron chi connectivity index (χ2n) is 5.66. The van der Waals surface area contributed by atoms with Gasteiger partial charge in [0.2, 0.25) is 0 Å². The van der Waals surface area contributed by atoms with Crippen LogP contribution in [-0.2, 0) is 11.2 Å². The van der Waals surface area contributed by atoms with Crippen LogP contribution in [0.25, 0.3) is 0 Å². The molecule has 1 aromatic carbocycles. The van der Waals surface area contributed by atoms with Gasteiger partial charge in [-0.2, -0.15) is 0 Å². The van der Waals surface area contributed by atoms with Gasteiger partial charge in [-0.15, -0.1) is 0 Å². The average molecular weight is 311 g/mol. The van der Waals surface area contributed by atoms with Gasteiger partial charge in [-0.05, 0) is 43.8 Å².